The van der Waals surface area contributed by atoms with E-state index in [2.05, 4.69) is 5.16 Å². The zero-order valence-corrected chi connectivity index (χ0v) is 16.2. The van der Waals surface area contributed by atoms with Gasteiger partial charge in [0.2, 0.25) is 0 Å². The Labute approximate surface area is 161 Å². The summed E-state index contributed by atoms with van der Waals surface area (Å²) in [6.07, 6.45) is 0. The Morgan fingerprint density at radius 1 is 1.07 bits per heavy atom. The second-order valence-corrected chi connectivity index (χ2v) is 7.43. The fourth-order valence-electron chi connectivity index (χ4n) is 3.02. The third-order valence-electron chi connectivity index (χ3n) is 4.59. The SMILES string of the molecule is Cc1cc(CSc2nc3ccccc3c(=O)n2-c2cccc(C)c2C)no1. The van der Waals surface area contributed by atoms with Crippen LogP contribution in [0.3, 0.4) is 0 Å². The Kier molecular flexibility index (Phi) is 4.58. The molecule has 2 aromatic heterocycles. The number of aryl methyl sites for hydroxylation is 2. The molecule has 0 atom stereocenters. The molecule has 4 rings (SSSR count). The summed E-state index contributed by atoms with van der Waals surface area (Å²) in [6.45, 7) is 5.94. The molecule has 0 radical (unpaired) electrons. The number of rotatable bonds is 4. The van der Waals surface area contributed by atoms with Crippen LogP contribution in [0.1, 0.15) is 22.6 Å². The van der Waals surface area contributed by atoms with E-state index in [1.54, 1.807) is 4.57 Å². The Bertz CT molecular complexity index is 1190. The predicted molar refractivity (Wildman–Crippen MR) is 108 cm³/mol. The molecule has 0 fully saturated rings. The van der Waals surface area contributed by atoms with Crippen molar-refractivity contribution in [3.63, 3.8) is 0 Å². The molecule has 5 nitrogen and oxygen atoms in total. The Morgan fingerprint density at radius 2 is 1.89 bits per heavy atom. The highest BCUT2D eigenvalue weighted by atomic mass is 32.2. The number of benzene rings is 2. The van der Waals surface area contributed by atoms with E-state index in [1.807, 2.05) is 69.3 Å². The summed E-state index contributed by atoms with van der Waals surface area (Å²) < 4.78 is 6.85. The first kappa shape index (κ1) is 17.5. The topological polar surface area (TPSA) is 60.9 Å². The number of nitrogens with zero attached hydrogens (tertiary/aromatic N) is 3. The van der Waals surface area contributed by atoms with Crippen LogP contribution in [-0.4, -0.2) is 14.7 Å². The van der Waals surface area contributed by atoms with Crippen LogP contribution >= 0.6 is 11.8 Å². The lowest BCUT2D eigenvalue weighted by atomic mass is 10.1. The first-order chi connectivity index (χ1) is 13.0. The normalized spacial score (nSPS) is 11.2. The zero-order valence-electron chi connectivity index (χ0n) is 15.4. The molecule has 0 amide bonds. The molecule has 4 aromatic rings. The van der Waals surface area contributed by atoms with Crippen molar-refractivity contribution in [1.29, 1.82) is 0 Å². The second-order valence-electron chi connectivity index (χ2n) is 6.49. The molecule has 2 heterocycles. The van der Waals surface area contributed by atoms with Crippen LogP contribution < -0.4 is 5.56 Å². The van der Waals surface area contributed by atoms with E-state index in [-0.39, 0.29) is 5.56 Å². The maximum Gasteiger partial charge on any atom is 0.266 e. The van der Waals surface area contributed by atoms with Crippen molar-refractivity contribution in [2.75, 3.05) is 0 Å². The van der Waals surface area contributed by atoms with E-state index in [1.165, 1.54) is 11.8 Å². The van der Waals surface area contributed by atoms with Crippen LogP contribution in [0.15, 0.2) is 63.0 Å². The van der Waals surface area contributed by atoms with Crippen LogP contribution in [0.2, 0.25) is 0 Å². The molecule has 0 saturated heterocycles. The van der Waals surface area contributed by atoms with Gasteiger partial charge < -0.3 is 4.52 Å². The Morgan fingerprint density at radius 3 is 2.67 bits per heavy atom. The van der Waals surface area contributed by atoms with Crippen LogP contribution in [0.4, 0.5) is 0 Å². The summed E-state index contributed by atoms with van der Waals surface area (Å²) in [5.74, 6) is 1.34. The molecule has 0 unspecified atom stereocenters. The smallest absolute Gasteiger partial charge is 0.266 e. The van der Waals surface area contributed by atoms with Gasteiger partial charge in [-0.25, -0.2) is 4.98 Å². The average Bonchev–Trinajstić information content (AvgIpc) is 3.08. The molecule has 0 aliphatic rings. The Balaban J connectivity index is 1.90. The predicted octanol–water partition coefficient (Wildman–Crippen LogP) is 4.59. The number of thioether (sulfide) groups is 1. The summed E-state index contributed by atoms with van der Waals surface area (Å²) in [7, 11) is 0. The maximum absolute atomic E-state index is 13.3. The largest absolute Gasteiger partial charge is 0.361 e. The van der Waals surface area contributed by atoms with E-state index >= 15 is 0 Å². The fraction of sp³-hybridized carbons (Fsp3) is 0.190. The van der Waals surface area contributed by atoms with Crippen molar-refractivity contribution < 1.29 is 4.52 Å². The monoisotopic (exact) mass is 377 g/mol. The molecule has 27 heavy (non-hydrogen) atoms. The summed E-state index contributed by atoms with van der Waals surface area (Å²) in [5, 5.41) is 5.30. The highest BCUT2D eigenvalue weighted by Gasteiger charge is 2.16. The van der Waals surface area contributed by atoms with Crippen molar-refractivity contribution in [3.05, 3.63) is 81.5 Å². The van der Waals surface area contributed by atoms with Crippen molar-refractivity contribution in [2.45, 2.75) is 31.7 Å². The van der Waals surface area contributed by atoms with Crippen molar-refractivity contribution in [2.24, 2.45) is 0 Å². The summed E-state index contributed by atoms with van der Waals surface area (Å²) >= 11 is 1.48. The van der Waals surface area contributed by atoms with Gasteiger partial charge in [0.1, 0.15) is 5.76 Å². The van der Waals surface area contributed by atoms with Gasteiger partial charge in [-0.3, -0.25) is 9.36 Å². The van der Waals surface area contributed by atoms with E-state index < -0.39 is 0 Å². The van der Waals surface area contributed by atoms with E-state index in [0.29, 0.717) is 21.8 Å². The second kappa shape index (κ2) is 7.04. The van der Waals surface area contributed by atoms with E-state index in [9.17, 15) is 4.79 Å². The molecule has 0 saturated carbocycles. The summed E-state index contributed by atoms with van der Waals surface area (Å²) in [6, 6.07) is 15.3. The number of para-hydroxylation sites is 1. The molecular weight excluding hydrogens is 358 g/mol. The average molecular weight is 377 g/mol. The number of hydrogen-bond acceptors (Lipinski definition) is 5. The number of hydrogen-bond donors (Lipinski definition) is 0. The van der Waals surface area contributed by atoms with Crippen LogP contribution in [0.25, 0.3) is 16.6 Å². The van der Waals surface area contributed by atoms with Gasteiger partial charge in [0.25, 0.3) is 5.56 Å². The standard InChI is InChI=1S/C21H19N3O2S/c1-13-7-6-10-19(15(13)3)24-20(25)17-8-4-5-9-18(17)22-21(24)27-12-16-11-14(2)26-23-16/h4-11H,12H2,1-3H3. The van der Waals surface area contributed by atoms with Crippen LogP contribution in [0, 0.1) is 20.8 Å². The minimum Gasteiger partial charge on any atom is -0.361 e. The molecule has 6 heteroatoms. The van der Waals surface area contributed by atoms with Gasteiger partial charge in [-0.2, -0.15) is 0 Å². The molecule has 0 aliphatic carbocycles. The molecular formula is C21H19N3O2S. The minimum absolute atomic E-state index is 0.0619. The van der Waals surface area contributed by atoms with Gasteiger partial charge in [-0.1, -0.05) is 41.2 Å². The lowest BCUT2D eigenvalue weighted by Gasteiger charge is -2.16. The molecule has 0 N–H and O–H groups in total. The molecule has 0 aliphatic heterocycles. The van der Waals surface area contributed by atoms with Crippen molar-refractivity contribution >= 4 is 22.7 Å². The molecule has 0 spiro atoms. The van der Waals surface area contributed by atoms with Crippen molar-refractivity contribution in [1.82, 2.24) is 14.7 Å². The third kappa shape index (κ3) is 3.28. The quantitative estimate of drug-likeness (QED) is 0.384. The zero-order chi connectivity index (χ0) is 19.0. The first-order valence-corrected chi connectivity index (χ1v) is 9.66. The maximum atomic E-state index is 13.3. The van der Waals surface area contributed by atoms with Gasteiger partial charge in [-0.05, 0) is 50.1 Å². The van der Waals surface area contributed by atoms with E-state index in [4.69, 9.17) is 9.51 Å². The minimum atomic E-state index is -0.0619. The lowest BCUT2D eigenvalue weighted by molar-refractivity contribution is 0.393. The summed E-state index contributed by atoms with van der Waals surface area (Å²) in [5.41, 5.74) is 4.52. The van der Waals surface area contributed by atoms with Crippen LogP contribution in [0.5, 0.6) is 0 Å². The highest BCUT2D eigenvalue weighted by molar-refractivity contribution is 7.98. The first-order valence-electron chi connectivity index (χ1n) is 8.68. The lowest BCUT2D eigenvalue weighted by Crippen LogP contribution is -2.22. The summed E-state index contributed by atoms with van der Waals surface area (Å²) in [4.78, 5) is 18.1. The van der Waals surface area contributed by atoms with E-state index in [0.717, 1.165) is 28.3 Å². The number of aromatic nitrogens is 3. The third-order valence-corrected chi connectivity index (χ3v) is 5.56. The van der Waals surface area contributed by atoms with Crippen molar-refractivity contribution in [3.8, 4) is 5.69 Å². The fourth-order valence-corrected chi connectivity index (χ4v) is 3.91. The highest BCUT2D eigenvalue weighted by Crippen LogP contribution is 2.26. The Hall–Kier alpha value is -2.86. The van der Waals surface area contributed by atoms with Crippen LogP contribution in [-0.2, 0) is 5.75 Å². The van der Waals surface area contributed by atoms with Gasteiger partial charge >= 0.3 is 0 Å². The van der Waals surface area contributed by atoms with Gasteiger partial charge in [-0.15, -0.1) is 0 Å². The molecule has 0 bridgehead atoms. The number of fused-ring (bicyclic) bond motifs is 1. The molecule has 2 aromatic carbocycles. The van der Waals surface area contributed by atoms with Gasteiger partial charge in [0, 0.05) is 11.8 Å². The molecule has 136 valence electrons. The van der Waals surface area contributed by atoms with Gasteiger partial charge in [0.05, 0.1) is 22.3 Å². The van der Waals surface area contributed by atoms with Gasteiger partial charge in [0.15, 0.2) is 5.16 Å².